The number of benzene rings is 2. The molecule has 2 atom stereocenters. The van der Waals surface area contributed by atoms with Gasteiger partial charge in [0.15, 0.2) is 17.3 Å². The summed E-state index contributed by atoms with van der Waals surface area (Å²) < 4.78 is 11.4. The van der Waals surface area contributed by atoms with Gasteiger partial charge >= 0.3 is 0 Å². The molecule has 9 heteroatoms. The van der Waals surface area contributed by atoms with Gasteiger partial charge in [0.25, 0.3) is 0 Å². The highest BCUT2D eigenvalue weighted by Crippen LogP contribution is 2.36. The van der Waals surface area contributed by atoms with Gasteiger partial charge in [0.1, 0.15) is 19.0 Å². The predicted octanol–water partition coefficient (Wildman–Crippen LogP) is 2.06. The summed E-state index contributed by atoms with van der Waals surface area (Å²) in [5, 5.41) is 9.79. The molecule has 4 heterocycles. The van der Waals surface area contributed by atoms with Crippen molar-refractivity contribution in [2.45, 2.75) is 25.0 Å². The number of phenolic OH excluding ortho intramolecular Hbond substituents is 1. The molecule has 2 bridgehead atoms. The Labute approximate surface area is 185 Å². The molecule has 1 aromatic heterocycles. The molecule has 3 N–H and O–H groups in total. The number of fused-ring (bicyclic) bond motifs is 3. The van der Waals surface area contributed by atoms with E-state index in [4.69, 9.17) is 15.2 Å². The van der Waals surface area contributed by atoms with E-state index in [1.54, 1.807) is 18.2 Å². The molecule has 0 unspecified atom stereocenters. The van der Waals surface area contributed by atoms with E-state index in [1.165, 1.54) is 5.56 Å². The molecule has 2 fully saturated rings. The molecule has 0 saturated carbocycles. The SMILES string of the molecule is Nc1nc(-c2cccc(O)c2)nc(N2C[C@@H]3C[C@H]2CN3Cc2ccc3c(c2)OCCO3)n1. The summed E-state index contributed by atoms with van der Waals surface area (Å²) in [6.07, 6.45) is 1.07. The van der Waals surface area contributed by atoms with Gasteiger partial charge < -0.3 is 25.2 Å². The summed E-state index contributed by atoms with van der Waals surface area (Å²) in [4.78, 5) is 18.1. The van der Waals surface area contributed by atoms with Crippen molar-refractivity contribution in [3.05, 3.63) is 48.0 Å². The van der Waals surface area contributed by atoms with Gasteiger partial charge in [-0.15, -0.1) is 0 Å². The first-order valence-electron chi connectivity index (χ1n) is 10.8. The van der Waals surface area contributed by atoms with Crippen LogP contribution in [0.1, 0.15) is 12.0 Å². The van der Waals surface area contributed by atoms with Gasteiger partial charge in [-0.25, -0.2) is 0 Å². The van der Waals surface area contributed by atoms with Crippen molar-refractivity contribution in [3.63, 3.8) is 0 Å². The number of phenols is 1. The smallest absolute Gasteiger partial charge is 0.231 e. The molecule has 9 nitrogen and oxygen atoms in total. The van der Waals surface area contributed by atoms with E-state index < -0.39 is 0 Å². The van der Waals surface area contributed by atoms with Gasteiger partial charge in [0, 0.05) is 37.3 Å². The highest BCUT2D eigenvalue weighted by Gasteiger charge is 2.44. The lowest BCUT2D eigenvalue weighted by Crippen LogP contribution is -2.46. The molecule has 3 aliphatic rings. The fraction of sp³-hybridized carbons (Fsp3) is 0.348. The van der Waals surface area contributed by atoms with Gasteiger partial charge in [0.05, 0.1) is 0 Å². The average molecular weight is 432 g/mol. The number of aromatic nitrogens is 3. The van der Waals surface area contributed by atoms with Crippen molar-refractivity contribution in [2.75, 3.05) is 36.9 Å². The number of nitrogens with two attached hydrogens (primary N) is 1. The van der Waals surface area contributed by atoms with Crippen LogP contribution in [0.2, 0.25) is 0 Å². The second-order valence-electron chi connectivity index (χ2n) is 8.47. The van der Waals surface area contributed by atoms with Crippen molar-refractivity contribution in [2.24, 2.45) is 0 Å². The number of hydrogen-bond donors (Lipinski definition) is 2. The van der Waals surface area contributed by atoms with E-state index in [0.29, 0.717) is 42.6 Å². The third-order valence-electron chi connectivity index (χ3n) is 6.35. The number of piperazine rings is 1. The Kier molecular flexibility index (Phi) is 4.50. The minimum atomic E-state index is 0.165. The van der Waals surface area contributed by atoms with E-state index in [-0.39, 0.29) is 11.7 Å². The zero-order chi connectivity index (χ0) is 21.7. The highest BCUT2D eigenvalue weighted by molar-refractivity contribution is 5.60. The Morgan fingerprint density at radius 3 is 2.66 bits per heavy atom. The number of likely N-dealkylation sites (tertiary alicyclic amines) is 1. The molecule has 32 heavy (non-hydrogen) atoms. The molecule has 0 aliphatic carbocycles. The maximum absolute atomic E-state index is 9.79. The topological polar surface area (TPSA) is 110 Å². The van der Waals surface area contributed by atoms with Crippen LogP contribution in [0.4, 0.5) is 11.9 Å². The normalized spacial score (nSPS) is 21.8. The van der Waals surface area contributed by atoms with Crippen LogP contribution in [0, 0.1) is 0 Å². The van der Waals surface area contributed by atoms with Crippen molar-refractivity contribution in [1.29, 1.82) is 0 Å². The minimum Gasteiger partial charge on any atom is -0.508 e. The summed E-state index contributed by atoms with van der Waals surface area (Å²) in [7, 11) is 0. The number of nitrogen functional groups attached to an aromatic ring is 1. The number of aromatic hydroxyl groups is 1. The lowest BCUT2D eigenvalue weighted by atomic mass is 10.1. The van der Waals surface area contributed by atoms with Crippen molar-refractivity contribution in [3.8, 4) is 28.6 Å². The molecule has 2 aromatic carbocycles. The quantitative estimate of drug-likeness (QED) is 0.640. The molecule has 3 aliphatic heterocycles. The van der Waals surface area contributed by atoms with E-state index in [0.717, 1.165) is 37.6 Å². The van der Waals surface area contributed by atoms with Crippen LogP contribution < -0.4 is 20.1 Å². The predicted molar refractivity (Wildman–Crippen MR) is 119 cm³/mol. The number of nitrogens with zero attached hydrogens (tertiary/aromatic N) is 5. The van der Waals surface area contributed by atoms with Crippen LogP contribution in [0.25, 0.3) is 11.4 Å². The fourth-order valence-electron chi connectivity index (χ4n) is 4.89. The second-order valence-corrected chi connectivity index (χ2v) is 8.47. The Balaban J connectivity index is 1.18. The van der Waals surface area contributed by atoms with Crippen LogP contribution >= 0.6 is 0 Å². The van der Waals surface area contributed by atoms with E-state index in [2.05, 4.69) is 36.9 Å². The first-order chi connectivity index (χ1) is 15.6. The zero-order valence-corrected chi connectivity index (χ0v) is 17.5. The van der Waals surface area contributed by atoms with Gasteiger partial charge in [-0.3, -0.25) is 4.90 Å². The van der Waals surface area contributed by atoms with Gasteiger partial charge in [-0.2, -0.15) is 15.0 Å². The molecule has 2 saturated heterocycles. The number of anilines is 2. The number of ether oxygens (including phenoxy) is 2. The van der Waals surface area contributed by atoms with Crippen LogP contribution in [-0.4, -0.2) is 63.3 Å². The van der Waals surface area contributed by atoms with Gasteiger partial charge in [-0.1, -0.05) is 18.2 Å². The second kappa shape index (κ2) is 7.52. The monoisotopic (exact) mass is 432 g/mol. The molecule has 0 radical (unpaired) electrons. The van der Waals surface area contributed by atoms with Crippen LogP contribution in [0.3, 0.4) is 0 Å². The van der Waals surface area contributed by atoms with Crippen molar-refractivity contribution in [1.82, 2.24) is 19.9 Å². The summed E-state index contributed by atoms with van der Waals surface area (Å²) in [6, 6.07) is 13.8. The molecule has 164 valence electrons. The zero-order valence-electron chi connectivity index (χ0n) is 17.5. The standard InChI is InChI=1S/C23H24N6O3/c24-22-25-21(15-2-1-3-18(30)9-15)26-23(27-22)29-13-16-10-17(29)12-28(16)11-14-4-5-19-20(8-14)32-7-6-31-19/h1-5,8-9,16-17,30H,6-7,10-13H2,(H2,24,25,26,27)/t16-,17-/m0/s1. The molecule has 3 aromatic rings. The Hall–Kier alpha value is -3.59. The van der Waals surface area contributed by atoms with E-state index >= 15 is 0 Å². The minimum absolute atomic E-state index is 0.165. The Bertz CT molecular complexity index is 1170. The molecule has 0 amide bonds. The molecule has 0 spiro atoms. The summed E-state index contributed by atoms with van der Waals surface area (Å²) in [5.74, 6) is 3.08. The third kappa shape index (κ3) is 3.44. The number of rotatable bonds is 4. The highest BCUT2D eigenvalue weighted by atomic mass is 16.6. The first-order valence-corrected chi connectivity index (χ1v) is 10.8. The molecular weight excluding hydrogens is 408 g/mol. The van der Waals surface area contributed by atoms with E-state index in [1.807, 2.05) is 12.1 Å². The van der Waals surface area contributed by atoms with Gasteiger partial charge in [-0.05, 0) is 36.2 Å². The Morgan fingerprint density at radius 2 is 1.84 bits per heavy atom. The lowest BCUT2D eigenvalue weighted by molar-refractivity contribution is 0.170. The third-order valence-corrected chi connectivity index (χ3v) is 6.35. The fourth-order valence-corrected chi connectivity index (χ4v) is 4.89. The van der Waals surface area contributed by atoms with Gasteiger partial charge in [0.2, 0.25) is 11.9 Å². The van der Waals surface area contributed by atoms with E-state index in [9.17, 15) is 5.11 Å². The summed E-state index contributed by atoms with van der Waals surface area (Å²) in [5.41, 5.74) is 7.94. The van der Waals surface area contributed by atoms with Crippen LogP contribution in [0.15, 0.2) is 42.5 Å². The Morgan fingerprint density at radius 1 is 0.969 bits per heavy atom. The maximum Gasteiger partial charge on any atom is 0.231 e. The van der Waals surface area contributed by atoms with Crippen LogP contribution in [0.5, 0.6) is 17.2 Å². The van der Waals surface area contributed by atoms with Crippen molar-refractivity contribution < 1.29 is 14.6 Å². The molecular formula is C23H24N6O3. The molecule has 6 rings (SSSR count). The van der Waals surface area contributed by atoms with Crippen molar-refractivity contribution >= 4 is 11.9 Å². The first kappa shape index (κ1) is 19.1. The van der Waals surface area contributed by atoms with Crippen LogP contribution in [-0.2, 0) is 6.54 Å². The maximum atomic E-state index is 9.79. The number of hydrogen-bond acceptors (Lipinski definition) is 9. The lowest BCUT2D eigenvalue weighted by Gasteiger charge is -2.34. The summed E-state index contributed by atoms with van der Waals surface area (Å²) in [6.45, 7) is 3.86. The largest absolute Gasteiger partial charge is 0.508 e. The summed E-state index contributed by atoms with van der Waals surface area (Å²) >= 11 is 0. The average Bonchev–Trinajstić information content (AvgIpc) is 3.39.